The highest BCUT2D eigenvalue weighted by Crippen LogP contribution is 2.18. The summed E-state index contributed by atoms with van der Waals surface area (Å²) in [6, 6.07) is 5.72. The maximum atomic E-state index is 13.4. The number of anilines is 2. The van der Waals surface area contributed by atoms with Crippen LogP contribution in [0, 0.1) is 12.7 Å². The largest absolute Gasteiger partial charge is 0.459 e. The van der Waals surface area contributed by atoms with Gasteiger partial charge in [0.25, 0.3) is 5.91 Å². The zero-order chi connectivity index (χ0) is 12.4. The Morgan fingerprint density at radius 1 is 1.41 bits per heavy atom. The van der Waals surface area contributed by atoms with Crippen molar-refractivity contribution in [1.82, 2.24) is 0 Å². The fourth-order valence-electron chi connectivity index (χ4n) is 1.42. The highest BCUT2D eigenvalue weighted by Gasteiger charge is 2.14. The van der Waals surface area contributed by atoms with Crippen LogP contribution >= 0.6 is 0 Å². The molecular weight excluding hydrogens is 223 g/mol. The molecule has 0 bridgehead atoms. The fourth-order valence-corrected chi connectivity index (χ4v) is 1.42. The quantitative estimate of drug-likeness (QED) is 0.784. The van der Waals surface area contributed by atoms with Crippen molar-refractivity contribution in [2.24, 2.45) is 0 Å². The van der Waals surface area contributed by atoms with Crippen LogP contribution in [0.2, 0.25) is 0 Å². The van der Waals surface area contributed by atoms with Crippen LogP contribution in [0.5, 0.6) is 0 Å². The highest BCUT2D eigenvalue weighted by molar-refractivity contribution is 6.03. The Morgan fingerprint density at radius 3 is 2.76 bits per heavy atom. The fraction of sp³-hybridized carbons (Fsp3) is 0.0833. The van der Waals surface area contributed by atoms with Gasteiger partial charge in [-0.3, -0.25) is 4.79 Å². The first-order chi connectivity index (χ1) is 8.08. The first kappa shape index (κ1) is 11.2. The van der Waals surface area contributed by atoms with Gasteiger partial charge < -0.3 is 15.5 Å². The number of carbonyl (C=O) groups excluding carboxylic acids is 1. The van der Waals surface area contributed by atoms with Crippen molar-refractivity contribution in [3.63, 3.8) is 0 Å². The molecule has 1 amide bonds. The number of carbonyl (C=O) groups is 1. The number of nitrogens with one attached hydrogen (secondary N) is 1. The van der Waals surface area contributed by atoms with Crippen molar-refractivity contribution in [2.75, 3.05) is 11.1 Å². The molecule has 5 heteroatoms. The van der Waals surface area contributed by atoms with E-state index in [-0.39, 0.29) is 11.4 Å². The van der Waals surface area contributed by atoms with Crippen molar-refractivity contribution < 1.29 is 13.6 Å². The van der Waals surface area contributed by atoms with Crippen LogP contribution in [-0.4, -0.2) is 5.91 Å². The van der Waals surface area contributed by atoms with Gasteiger partial charge in [-0.25, -0.2) is 4.39 Å². The third-order valence-electron chi connectivity index (χ3n) is 2.31. The van der Waals surface area contributed by atoms with E-state index in [0.29, 0.717) is 11.3 Å². The lowest BCUT2D eigenvalue weighted by atomic mass is 10.2. The number of benzene rings is 1. The molecule has 0 aliphatic rings. The molecule has 2 aromatic rings. The molecule has 1 heterocycles. The van der Waals surface area contributed by atoms with Crippen molar-refractivity contribution in [1.29, 1.82) is 0 Å². The van der Waals surface area contributed by atoms with Crippen LogP contribution in [0.3, 0.4) is 0 Å². The van der Waals surface area contributed by atoms with Gasteiger partial charge in [0.2, 0.25) is 0 Å². The van der Waals surface area contributed by atoms with E-state index in [1.165, 1.54) is 18.4 Å². The molecule has 0 saturated carbocycles. The van der Waals surface area contributed by atoms with E-state index in [0.717, 1.165) is 6.07 Å². The number of nitrogens with two attached hydrogens (primary N) is 1. The molecular formula is C12H11FN2O2. The van der Waals surface area contributed by atoms with E-state index in [9.17, 15) is 9.18 Å². The second-order valence-electron chi connectivity index (χ2n) is 3.63. The van der Waals surface area contributed by atoms with E-state index in [2.05, 4.69) is 5.32 Å². The number of amides is 1. The Labute approximate surface area is 97.2 Å². The van der Waals surface area contributed by atoms with E-state index >= 15 is 0 Å². The molecule has 17 heavy (non-hydrogen) atoms. The van der Waals surface area contributed by atoms with E-state index in [1.807, 2.05) is 0 Å². The highest BCUT2D eigenvalue weighted by atomic mass is 19.1. The molecule has 0 radical (unpaired) electrons. The predicted octanol–water partition coefficient (Wildman–Crippen LogP) is 2.56. The lowest BCUT2D eigenvalue weighted by Crippen LogP contribution is -2.13. The summed E-state index contributed by atoms with van der Waals surface area (Å²) in [5.74, 6) is -0.903. The standard InChI is InChI=1S/C12H11FN2O2/c1-7-4-5-17-11(7)12(16)15-10-3-2-8(14)6-9(10)13/h2-6H,14H2,1H3,(H,15,16). The molecule has 0 unspecified atom stereocenters. The van der Waals surface area contributed by atoms with Crippen LogP contribution < -0.4 is 11.1 Å². The molecule has 88 valence electrons. The van der Waals surface area contributed by atoms with Gasteiger partial charge in [-0.15, -0.1) is 0 Å². The summed E-state index contributed by atoms with van der Waals surface area (Å²) in [6.45, 7) is 1.73. The lowest BCUT2D eigenvalue weighted by Gasteiger charge is -2.05. The predicted molar refractivity (Wildman–Crippen MR) is 62.2 cm³/mol. The molecule has 1 aromatic carbocycles. The average molecular weight is 234 g/mol. The maximum absolute atomic E-state index is 13.4. The van der Waals surface area contributed by atoms with Gasteiger partial charge in [0.05, 0.1) is 12.0 Å². The minimum absolute atomic E-state index is 0.0694. The van der Waals surface area contributed by atoms with E-state index in [1.54, 1.807) is 13.0 Å². The smallest absolute Gasteiger partial charge is 0.291 e. The Kier molecular flexibility index (Phi) is 2.82. The third kappa shape index (κ3) is 2.28. The van der Waals surface area contributed by atoms with Crippen LogP contribution in [0.25, 0.3) is 0 Å². The van der Waals surface area contributed by atoms with E-state index < -0.39 is 11.7 Å². The van der Waals surface area contributed by atoms with Crippen molar-refractivity contribution in [3.8, 4) is 0 Å². The second-order valence-corrected chi connectivity index (χ2v) is 3.63. The van der Waals surface area contributed by atoms with Gasteiger partial charge in [0.1, 0.15) is 5.82 Å². The van der Waals surface area contributed by atoms with Gasteiger partial charge >= 0.3 is 0 Å². The van der Waals surface area contributed by atoms with Crippen molar-refractivity contribution in [3.05, 3.63) is 47.7 Å². The number of halogens is 1. The number of hydrogen-bond acceptors (Lipinski definition) is 3. The van der Waals surface area contributed by atoms with E-state index in [4.69, 9.17) is 10.2 Å². The normalized spacial score (nSPS) is 10.2. The van der Waals surface area contributed by atoms with Gasteiger partial charge in [-0.2, -0.15) is 0 Å². The van der Waals surface area contributed by atoms with Crippen molar-refractivity contribution >= 4 is 17.3 Å². The minimum Gasteiger partial charge on any atom is -0.459 e. The number of furan rings is 1. The number of nitrogen functional groups attached to an aromatic ring is 1. The van der Waals surface area contributed by atoms with Crippen LogP contribution in [0.4, 0.5) is 15.8 Å². The monoisotopic (exact) mass is 234 g/mol. The molecule has 0 aliphatic heterocycles. The average Bonchev–Trinajstić information content (AvgIpc) is 2.68. The lowest BCUT2D eigenvalue weighted by molar-refractivity contribution is 0.0995. The first-order valence-electron chi connectivity index (χ1n) is 4.98. The molecule has 0 atom stereocenters. The molecule has 0 fully saturated rings. The maximum Gasteiger partial charge on any atom is 0.291 e. The number of rotatable bonds is 2. The van der Waals surface area contributed by atoms with Gasteiger partial charge in [0.15, 0.2) is 5.76 Å². The Bertz CT molecular complexity index is 563. The van der Waals surface area contributed by atoms with Crippen LogP contribution in [0.15, 0.2) is 34.9 Å². The summed E-state index contributed by atoms with van der Waals surface area (Å²) in [6.07, 6.45) is 1.41. The zero-order valence-corrected chi connectivity index (χ0v) is 9.16. The minimum atomic E-state index is -0.581. The summed E-state index contributed by atoms with van der Waals surface area (Å²) in [4.78, 5) is 11.7. The molecule has 4 nitrogen and oxygen atoms in total. The molecule has 1 aromatic heterocycles. The Balaban J connectivity index is 2.22. The Hall–Kier alpha value is -2.30. The summed E-state index contributed by atoms with van der Waals surface area (Å²) in [5, 5.41) is 2.42. The van der Waals surface area contributed by atoms with Gasteiger partial charge in [0, 0.05) is 11.3 Å². The van der Waals surface area contributed by atoms with Crippen LogP contribution in [0.1, 0.15) is 16.1 Å². The SMILES string of the molecule is Cc1ccoc1C(=O)Nc1ccc(N)cc1F. The summed E-state index contributed by atoms with van der Waals surface area (Å²) in [5.41, 5.74) is 6.47. The molecule has 0 aliphatic carbocycles. The van der Waals surface area contributed by atoms with Crippen LogP contribution in [-0.2, 0) is 0 Å². The van der Waals surface area contributed by atoms with Gasteiger partial charge in [-0.05, 0) is 31.2 Å². The zero-order valence-electron chi connectivity index (χ0n) is 9.16. The first-order valence-corrected chi connectivity index (χ1v) is 4.98. The summed E-state index contributed by atoms with van der Waals surface area (Å²) < 4.78 is 18.4. The van der Waals surface area contributed by atoms with Crippen molar-refractivity contribution in [2.45, 2.75) is 6.92 Å². The topological polar surface area (TPSA) is 68.3 Å². The second kappa shape index (κ2) is 4.29. The third-order valence-corrected chi connectivity index (χ3v) is 2.31. The number of hydrogen-bond donors (Lipinski definition) is 2. The summed E-state index contributed by atoms with van der Waals surface area (Å²) in [7, 11) is 0. The summed E-state index contributed by atoms with van der Waals surface area (Å²) >= 11 is 0. The van der Waals surface area contributed by atoms with Gasteiger partial charge in [-0.1, -0.05) is 0 Å². The number of aryl methyl sites for hydroxylation is 1. The molecule has 0 saturated heterocycles. The molecule has 2 rings (SSSR count). The molecule has 3 N–H and O–H groups in total. The molecule has 0 spiro atoms. The Morgan fingerprint density at radius 2 is 2.18 bits per heavy atom.